The quantitative estimate of drug-likeness (QED) is 0.701. The van der Waals surface area contributed by atoms with E-state index in [2.05, 4.69) is 10.6 Å². The zero-order valence-corrected chi connectivity index (χ0v) is 17.0. The van der Waals surface area contributed by atoms with Gasteiger partial charge in [0.1, 0.15) is 6.61 Å². The van der Waals surface area contributed by atoms with E-state index in [0.29, 0.717) is 27.8 Å². The summed E-state index contributed by atoms with van der Waals surface area (Å²) in [5.41, 5.74) is 2.18. The Labute approximate surface area is 173 Å². The number of urea groups is 1. The van der Waals surface area contributed by atoms with Crippen molar-refractivity contribution in [1.82, 2.24) is 10.6 Å². The molecular formula is C21H21ClN2O5. The van der Waals surface area contributed by atoms with Crippen molar-refractivity contribution in [2.75, 3.05) is 14.2 Å². The zero-order valence-electron chi connectivity index (χ0n) is 16.2. The van der Waals surface area contributed by atoms with Crippen molar-refractivity contribution in [3.8, 4) is 11.5 Å². The molecule has 29 heavy (non-hydrogen) atoms. The van der Waals surface area contributed by atoms with Crippen LogP contribution in [0.5, 0.6) is 11.5 Å². The Morgan fingerprint density at radius 1 is 1.14 bits per heavy atom. The summed E-state index contributed by atoms with van der Waals surface area (Å²) in [4.78, 5) is 24.5. The highest BCUT2D eigenvalue weighted by atomic mass is 35.5. The van der Waals surface area contributed by atoms with Gasteiger partial charge in [0.05, 0.1) is 25.8 Å². The Kier molecular flexibility index (Phi) is 6.29. The average molecular weight is 417 g/mol. The van der Waals surface area contributed by atoms with Gasteiger partial charge >= 0.3 is 12.0 Å². The molecule has 152 valence electrons. The lowest BCUT2D eigenvalue weighted by Gasteiger charge is -2.29. The summed E-state index contributed by atoms with van der Waals surface area (Å²) >= 11 is 5.93. The van der Waals surface area contributed by atoms with Crippen molar-refractivity contribution in [2.24, 2.45) is 0 Å². The number of ether oxygens (including phenoxy) is 3. The molecular weight excluding hydrogens is 396 g/mol. The highest BCUT2D eigenvalue weighted by molar-refractivity contribution is 6.30. The SMILES string of the molecule is COC(=O)C1=C(C)NC(=O)NC1c1cccc(OC)c1OCc1ccc(Cl)cc1. The predicted molar refractivity (Wildman–Crippen MR) is 108 cm³/mol. The number of methoxy groups -OCH3 is 2. The van der Waals surface area contributed by atoms with Gasteiger partial charge < -0.3 is 24.8 Å². The molecule has 1 aliphatic heterocycles. The third-order valence-corrected chi connectivity index (χ3v) is 4.76. The fraction of sp³-hybridized carbons (Fsp3) is 0.238. The number of para-hydroxylation sites is 1. The van der Waals surface area contributed by atoms with Gasteiger partial charge in [0.2, 0.25) is 0 Å². The van der Waals surface area contributed by atoms with E-state index in [0.717, 1.165) is 5.56 Å². The lowest BCUT2D eigenvalue weighted by molar-refractivity contribution is -0.136. The summed E-state index contributed by atoms with van der Waals surface area (Å²) in [5, 5.41) is 6.00. The molecule has 2 N–H and O–H groups in total. The monoisotopic (exact) mass is 416 g/mol. The largest absolute Gasteiger partial charge is 0.493 e. The molecule has 0 saturated carbocycles. The summed E-state index contributed by atoms with van der Waals surface area (Å²) in [6.45, 7) is 1.89. The topological polar surface area (TPSA) is 85.9 Å². The fourth-order valence-electron chi connectivity index (χ4n) is 3.12. The molecule has 3 rings (SSSR count). The van der Waals surface area contributed by atoms with Crippen molar-refractivity contribution in [3.63, 3.8) is 0 Å². The standard InChI is InChI=1S/C21H21ClN2O5/c1-12-17(20(25)28-3)18(24-21(26)23-12)15-5-4-6-16(27-2)19(15)29-11-13-7-9-14(22)10-8-13/h4-10,18H,11H2,1-3H3,(H2,23,24,26). The van der Waals surface area contributed by atoms with Crippen molar-refractivity contribution >= 4 is 23.6 Å². The zero-order chi connectivity index (χ0) is 21.0. The maximum Gasteiger partial charge on any atom is 0.337 e. The van der Waals surface area contributed by atoms with Crippen molar-refractivity contribution in [2.45, 2.75) is 19.6 Å². The van der Waals surface area contributed by atoms with Gasteiger partial charge in [-0.2, -0.15) is 0 Å². The van der Waals surface area contributed by atoms with Crippen LogP contribution in [0.3, 0.4) is 0 Å². The molecule has 0 spiro atoms. The molecule has 8 heteroatoms. The van der Waals surface area contributed by atoms with Crippen LogP contribution in [0.25, 0.3) is 0 Å². The number of hydrogen-bond donors (Lipinski definition) is 2. The summed E-state index contributed by atoms with van der Waals surface area (Å²) in [6, 6.07) is 11.4. The first kappa shape index (κ1) is 20.5. The number of allylic oxidation sites excluding steroid dienone is 1. The molecule has 0 aromatic heterocycles. The summed E-state index contributed by atoms with van der Waals surface area (Å²) < 4.78 is 16.4. The second-order valence-corrected chi connectivity index (χ2v) is 6.79. The normalized spacial score (nSPS) is 16.0. The van der Waals surface area contributed by atoms with Crippen LogP contribution in [0.2, 0.25) is 5.02 Å². The fourth-order valence-corrected chi connectivity index (χ4v) is 3.25. The van der Waals surface area contributed by atoms with Gasteiger partial charge in [-0.1, -0.05) is 35.9 Å². The second kappa shape index (κ2) is 8.87. The Morgan fingerprint density at radius 3 is 2.52 bits per heavy atom. The first-order chi connectivity index (χ1) is 13.9. The van der Waals surface area contributed by atoms with E-state index < -0.39 is 18.0 Å². The van der Waals surface area contributed by atoms with E-state index in [1.165, 1.54) is 14.2 Å². The molecule has 0 aliphatic carbocycles. The van der Waals surface area contributed by atoms with E-state index in [4.69, 9.17) is 25.8 Å². The average Bonchev–Trinajstić information content (AvgIpc) is 2.72. The molecule has 7 nitrogen and oxygen atoms in total. The molecule has 1 atom stereocenters. The van der Waals surface area contributed by atoms with Crippen molar-refractivity contribution in [1.29, 1.82) is 0 Å². The van der Waals surface area contributed by atoms with Gasteiger partial charge in [-0.3, -0.25) is 0 Å². The number of hydrogen-bond acceptors (Lipinski definition) is 5. The Morgan fingerprint density at radius 2 is 1.86 bits per heavy atom. The molecule has 0 radical (unpaired) electrons. The molecule has 1 unspecified atom stereocenters. The van der Waals surface area contributed by atoms with Crippen LogP contribution in [-0.4, -0.2) is 26.2 Å². The molecule has 2 amide bonds. The number of rotatable bonds is 6. The summed E-state index contributed by atoms with van der Waals surface area (Å²) in [5.74, 6) is 0.351. The van der Waals surface area contributed by atoms with E-state index in [1.807, 2.05) is 12.1 Å². The van der Waals surface area contributed by atoms with Gasteiger partial charge in [0, 0.05) is 16.3 Å². The van der Waals surface area contributed by atoms with Gasteiger partial charge in [0.15, 0.2) is 11.5 Å². The molecule has 2 aromatic carbocycles. The van der Waals surface area contributed by atoms with Crippen LogP contribution in [0.15, 0.2) is 53.7 Å². The lowest BCUT2D eigenvalue weighted by atomic mass is 9.94. The Balaban J connectivity index is 2.01. The van der Waals surface area contributed by atoms with Crippen LogP contribution >= 0.6 is 11.6 Å². The number of halogens is 1. The third kappa shape index (κ3) is 4.46. The number of benzene rings is 2. The van der Waals surface area contributed by atoms with Crippen LogP contribution < -0.4 is 20.1 Å². The molecule has 2 aromatic rings. The minimum Gasteiger partial charge on any atom is -0.493 e. The number of esters is 1. The van der Waals surface area contributed by atoms with Crippen LogP contribution in [0.1, 0.15) is 24.1 Å². The van der Waals surface area contributed by atoms with E-state index in [-0.39, 0.29) is 12.2 Å². The third-order valence-electron chi connectivity index (χ3n) is 4.51. The Hall–Kier alpha value is -3.19. The number of amides is 2. The van der Waals surface area contributed by atoms with Crippen LogP contribution in [-0.2, 0) is 16.1 Å². The highest BCUT2D eigenvalue weighted by Gasteiger charge is 2.34. The van der Waals surface area contributed by atoms with Gasteiger partial charge in [0.25, 0.3) is 0 Å². The van der Waals surface area contributed by atoms with Gasteiger partial charge in [-0.05, 0) is 30.7 Å². The number of carbonyl (C=O) groups excluding carboxylic acids is 2. The van der Waals surface area contributed by atoms with Gasteiger partial charge in [-0.15, -0.1) is 0 Å². The first-order valence-corrected chi connectivity index (χ1v) is 9.23. The second-order valence-electron chi connectivity index (χ2n) is 6.36. The number of nitrogens with one attached hydrogen (secondary N) is 2. The summed E-state index contributed by atoms with van der Waals surface area (Å²) in [7, 11) is 2.82. The maximum atomic E-state index is 12.4. The first-order valence-electron chi connectivity index (χ1n) is 8.85. The van der Waals surface area contributed by atoms with Crippen molar-refractivity contribution < 1.29 is 23.8 Å². The van der Waals surface area contributed by atoms with Crippen LogP contribution in [0, 0.1) is 0 Å². The van der Waals surface area contributed by atoms with Crippen molar-refractivity contribution in [3.05, 3.63) is 69.9 Å². The van der Waals surface area contributed by atoms with E-state index in [9.17, 15) is 9.59 Å². The maximum absolute atomic E-state index is 12.4. The lowest BCUT2D eigenvalue weighted by Crippen LogP contribution is -2.45. The molecule has 0 saturated heterocycles. The smallest absolute Gasteiger partial charge is 0.337 e. The summed E-state index contributed by atoms with van der Waals surface area (Å²) in [6.07, 6.45) is 0. The predicted octanol–water partition coefficient (Wildman–Crippen LogP) is 3.73. The molecule has 0 bridgehead atoms. The molecule has 0 fully saturated rings. The Bertz CT molecular complexity index is 956. The van der Waals surface area contributed by atoms with Crippen LogP contribution in [0.4, 0.5) is 4.79 Å². The minimum absolute atomic E-state index is 0.250. The van der Waals surface area contributed by atoms with E-state index in [1.54, 1.807) is 37.3 Å². The minimum atomic E-state index is -0.758. The van der Waals surface area contributed by atoms with E-state index >= 15 is 0 Å². The number of carbonyl (C=O) groups is 2. The van der Waals surface area contributed by atoms with Gasteiger partial charge in [-0.25, -0.2) is 9.59 Å². The molecule has 1 aliphatic rings. The molecule has 1 heterocycles. The highest BCUT2D eigenvalue weighted by Crippen LogP contribution is 2.39.